The van der Waals surface area contributed by atoms with Gasteiger partial charge in [0.25, 0.3) is 5.91 Å². The lowest BCUT2D eigenvalue weighted by atomic mass is 10.1. The number of hydrogen-bond donors (Lipinski definition) is 0. The minimum absolute atomic E-state index is 0.0754. The fraction of sp³-hybridized carbons (Fsp3) is 0.214. The van der Waals surface area contributed by atoms with Crippen LogP contribution in [0.25, 0.3) is 0 Å². The van der Waals surface area contributed by atoms with Crippen LogP contribution in [0.3, 0.4) is 0 Å². The van der Waals surface area contributed by atoms with E-state index in [9.17, 15) is 4.79 Å². The van der Waals surface area contributed by atoms with E-state index in [2.05, 4.69) is 28.9 Å². The highest BCUT2D eigenvalue weighted by atomic mass is 79.9. The molecule has 4 heteroatoms. The van der Waals surface area contributed by atoms with E-state index < -0.39 is 0 Å². The lowest BCUT2D eigenvalue weighted by Crippen LogP contribution is -2.35. The van der Waals surface area contributed by atoms with Gasteiger partial charge in [0.15, 0.2) is 5.76 Å². The topological polar surface area (TPSA) is 33.5 Å². The summed E-state index contributed by atoms with van der Waals surface area (Å²) in [5.41, 5.74) is 2.17. The van der Waals surface area contributed by atoms with Crippen molar-refractivity contribution >= 4 is 27.5 Å². The Morgan fingerprint density at radius 2 is 2.28 bits per heavy atom. The van der Waals surface area contributed by atoms with Crippen LogP contribution >= 0.6 is 15.9 Å². The predicted molar refractivity (Wildman–Crippen MR) is 72.8 cm³/mol. The Kier molecular flexibility index (Phi) is 2.74. The highest BCUT2D eigenvalue weighted by Crippen LogP contribution is 2.35. The second-order valence-corrected chi connectivity index (χ2v) is 5.39. The monoisotopic (exact) mass is 305 g/mol. The molecule has 92 valence electrons. The first-order valence-electron chi connectivity index (χ1n) is 5.82. The van der Waals surface area contributed by atoms with Gasteiger partial charge in [-0.2, -0.15) is 0 Å². The average molecular weight is 306 g/mol. The van der Waals surface area contributed by atoms with Gasteiger partial charge in [0.2, 0.25) is 0 Å². The zero-order chi connectivity index (χ0) is 12.7. The molecule has 0 aliphatic carbocycles. The summed E-state index contributed by atoms with van der Waals surface area (Å²) in [4.78, 5) is 14.2. The molecular weight excluding hydrogens is 294 g/mol. The van der Waals surface area contributed by atoms with Gasteiger partial charge in [0.05, 0.1) is 6.26 Å². The van der Waals surface area contributed by atoms with Crippen molar-refractivity contribution in [3.63, 3.8) is 0 Å². The minimum Gasteiger partial charge on any atom is -0.459 e. The molecule has 0 radical (unpaired) electrons. The van der Waals surface area contributed by atoms with E-state index in [1.807, 2.05) is 12.1 Å². The summed E-state index contributed by atoms with van der Waals surface area (Å²) in [6.45, 7) is 2.05. The van der Waals surface area contributed by atoms with Crippen molar-refractivity contribution in [2.45, 2.75) is 19.4 Å². The molecule has 2 heterocycles. The van der Waals surface area contributed by atoms with Crippen LogP contribution in [0.1, 0.15) is 23.0 Å². The molecule has 1 aliphatic heterocycles. The van der Waals surface area contributed by atoms with Crippen molar-refractivity contribution in [3.8, 4) is 0 Å². The number of rotatable bonds is 1. The quantitative estimate of drug-likeness (QED) is 0.806. The SMILES string of the molecule is C[C@H]1Cc2cc(Br)ccc2N1C(=O)c1ccco1. The summed E-state index contributed by atoms with van der Waals surface area (Å²) in [7, 11) is 0. The molecular formula is C14H12BrNO2. The van der Waals surface area contributed by atoms with Crippen LogP contribution in [0.2, 0.25) is 0 Å². The van der Waals surface area contributed by atoms with Crippen LogP contribution in [0, 0.1) is 0 Å². The first-order chi connectivity index (χ1) is 8.66. The molecule has 0 saturated carbocycles. The lowest BCUT2D eigenvalue weighted by Gasteiger charge is -2.21. The van der Waals surface area contributed by atoms with Crippen molar-refractivity contribution in [3.05, 3.63) is 52.4 Å². The minimum atomic E-state index is -0.0754. The first kappa shape index (κ1) is 11.5. The largest absolute Gasteiger partial charge is 0.459 e. The molecule has 3 nitrogen and oxygen atoms in total. The normalized spacial score (nSPS) is 17.9. The van der Waals surface area contributed by atoms with Crippen molar-refractivity contribution in [1.82, 2.24) is 0 Å². The Morgan fingerprint density at radius 3 is 3.00 bits per heavy atom. The number of halogens is 1. The summed E-state index contributed by atoms with van der Waals surface area (Å²) in [6.07, 6.45) is 2.40. The number of anilines is 1. The van der Waals surface area contributed by atoms with Crippen molar-refractivity contribution in [2.24, 2.45) is 0 Å². The van der Waals surface area contributed by atoms with Crippen LogP contribution in [0.15, 0.2) is 45.5 Å². The van der Waals surface area contributed by atoms with Crippen LogP contribution in [0.5, 0.6) is 0 Å². The number of fused-ring (bicyclic) bond motifs is 1. The molecule has 0 fully saturated rings. The number of benzene rings is 1. The summed E-state index contributed by atoms with van der Waals surface area (Å²) in [5.74, 6) is 0.311. The van der Waals surface area contributed by atoms with E-state index in [1.165, 1.54) is 11.8 Å². The summed E-state index contributed by atoms with van der Waals surface area (Å²) < 4.78 is 6.24. The maximum atomic E-state index is 12.4. The molecule has 0 bridgehead atoms. The Labute approximate surface area is 114 Å². The van der Waals surface area contributed by atoms with Crippen molar-refractivity contribution < 1.29 is 9.21 Å². The van der Waals surface area contributed by atoms with Crippen LogP contribution in [-0.4, -0.2) is 11.9 Å². The zero-order valence-electron chi connectivity index (χ0n) is 9.89. The Hall–Kier alpha value is -1.55. The number of carbonyl (C=O) groups is 1. The number of amides is 1. The molecule has 1 aliphatic rings. The van der Waals surface area contributed by atoms with E-state index in [-0.39, 0.29) is 11.9 Å². The van der Waals surface area contributed by atoms with Gasteiger partial charge >= 0.3 is 0 Å². The summed E-state index contributed by atoms with van der Waals surface area (Å²) >= 11 is 3.46. The fourth-order valence-electron chi connectivity index (χ4n) is 2.43. The maximum absolute atomic E-state index is 12.4. The van der Waals surface area contributed by atoms with E-state index in [1.54, 1.807) is 17.0 Å². The molecule has 2 aromatic rings. The Balaban J connectivity index is 2.02. The second kappa shape index (κ2) is 4.28. The van der Waals surface area contributed by atoms with Crippen molar-refractivity contribution in [1.29, 1.82) is 0 Å². The van der Waals surface area contributed by atoms with E-state index in [4.69, 9.17) is 4.42 Å². The van der Waals surface area contributed by atoms with Gasteiger partial charge in [-0.25, -0.2) is 0 Å². The van der Waals surface area contributed by atoms with Crippen LogP contribution in [-0.2, 0) is 6.42 Å². The number of nitrogens with zero attached hydrogens (tertiary/aromatic N) is 1. The van der Waals surface area contributed by atoms with E-state index >= 15 is 0 Å². The van der Waals surface area contributed by atoms with Gasteiger partial charge in [0.1, 0.15) is 0 Å². The molecule has 0 N–H and O–H groups in total. The predicted octanol–water partition coefficient (Wildman–Crippen LogP) is 3.63. The molecule has 0 spiro atoms. The molecule has 1 aromatic heterocycles. The Morgan fingerprint density at radius 1 is 1.44 bits per heavy atom. The van der Waals surface area contributed by atoms with Gasteiger partial charge in [0, 0.05) is 16.2 Å². The maximum Gasteiger partial charge on any atom is 0.294 e. The molecule has 18 heavy (non-hydrogen) atoms. The summed E-state index contributed by atoms with van der Waals surface area (Å²) in [5, 5.41) is 0. The smallest absolute Gasteiger partial charge is 0.294 e. The molecule has 0 unspecified atom stereocenters. The molecule has 1 aromatic carbocycles. The number of hydrogen-bond acceptors (Lipinski definition) is 2. The van der Waals surface area contributed by atoms with E-state index in [0.29, 0.717) is 5.76 Å². The molecule has 1 amide bonds. The van der Waals surface area contributed by atoms with Gasteiger partial charge in [-0.1, -0.05) is 15.9 Å². The number of carbonyl (C=O) groups excluding carboxylic acids is 1. The van der Waals surface area contributed by atoms with Gasteiger partial charge in [-0.05, 0) is 49.2 Å². The highest BCUT2D eigenvalue weighted by molar-refractivity contribution is 9.10. The third kappa shape index (κ3) is 1.77. The molecule has 0 saturated heterocycles. The second-order valence-electron chi connectivity index (χ2n) is 4.48. The molecule has 3 rings (SSSR count). The van der Waals surface area contributed by atoms with Gasteiger partial charge < -0.3 is 9.32 Å². The zero-order valence-corrected chi connectivity index (χ0v) is 11.5. The van der Waals surface area contributed by atoms with Crippen LogP contribution < -0.4 is 4.90 Å². The average Bonchev–Trinajstić information content (AvgIpc) is 2.94. The molecule has 1 atom stereocenters. The fourth-order valence-corrected chi connectivity index (χ4v) is 2.84. The third-order valence-corrected chi connectivity index (χ3v) is 3.70. The Bertz CT molecular complexity index is 592. The van der Waals surface area contributed by atoms with Gasteiger partial charge in [-0.3, -0.25) is 4.79 Å². The van der Waals surface area contributed by atoms with Crippen LogP contribution in [0.4, 0.5) is 5.69 Å². The highest BCUT2D eigenvalue weighted by Gasteiger charge is 2.32. The van der Waals surface area contributed by atoms with Gasteiger partial charge in [-0.15, -0.1) is 0 Å². The standard InChI is InChI=1S/C14H12BrNO2/c1-9-7-10-8-11(15)4-5-12(10)16(9)14(17)13-3-2-6-18-13/h2-6,8-9H,7H2,1H3/t9-/m0/s1. The lowest BCUT2D eigenvalue weighted by molar-refractivity contribution is 0.0954. The number of furan rings is 1. The third-order valence-electron chi connectivity index (χ3n) is 3.21. The van der Waals surface area contributed by atoms with Crippen molar-refractivity contribution in [2.75, 3.05) is 4.90 Å². The van der Waals surface area contributed by atoms with E-state index in [0.717, 1.165) is 16.6 Å². The summed E-state index contributed by atoms with van der Waals surface area (Å²) in [6, 6.07) is 9.60. The first-order valence-corrected chi connectivity index (χ1v) is 6.61.